The summed E-state index contributed by atoms with van der Waals surface area (Å²) in [5, 5.41) is 0. The maximum atomic E-state index is 13.6. The highest BCUT2D eigenvalue weighted by atomic mass is 19.1. The minimum absolute atomic E-state index is 0.0359. The number of hydrogen-bond acceptors (Lipinski definition) is 3. The number of carbonyl (C=O) groups is 1. The first-order chi connectivity index (χ1) is 9.11. The molecule has 0 radical (unpaired) electrons. The number of carbonyl (C=O) groups excluding carboxylic acids is 1. The molecule has 0 atom stereocenters. The van der Waals surface area contributed by atoms with Gasteiger partial charge in [0.05, 0.1) is 24.4 Å². The molecular formula is C14H17F2NO2. The summed E-state index contributed by atoms with van der Waals surface area (Å²) in [7, 11) is 0. The average Bonchev–Trinajstić information content (AvgIpc) is 2.39. The standard InChI is InChI=1S/C14H17F2NO2/c1-2-19-14(18)10-5-3-9(4-6-10)13-12(16)7-11(15)8-17-13/h7-10H,2-6H2,1H3. The van der Waals surface area contributed by atoms with Gasteiger partial charge in [-0.25, -0.2) is 8.78 Å². The molecule has 0 saturated heterocycles. The van der Waals surface area contributed by atoms with E-state index in [1.165, 1.54) is 0 Å². The molecule has 2 rings (SSSR count). The molecule has 19 heavy (non-hydrogen) atoms. The van der Waals surface area contributed by atoms with Gasteiger partial charge in [-0.1, -0.05) is 0 Å². The van der Waals surface area contributed by atoms with Crippen LogP contribution in [0, 0.1) is 17.6 Å². The van der Waals surface area contributed by atoms with Crippen LogP contribution in [0.5, 0.6) is 0 Å². The highest BCUT2D eigenvalue weighted by Gasteiger charge is 2.29. The van der Waals surface area contributed by atoms with Crippen molar-refractivity contribution in [2.75, 3.05) is 6.61 Å². The lowest BCUT2D eigenvalue weighted by Gasteiger charge is -2.26. The van der Waals surface area contributed by atoms with Crippen LogP contribution < -0.4 is 0 Å². The van der Waals surface area contributed by atoms with E-state index in [0.29, 0.717) is 38.0 Å². The van der Waals surface area contributed by atoms with Gasteiger partial charge in [0.25, 0.3) is 0 Å². The van der Waals surface area contributed by atoms with E-state index in [0.717, 1.165) is 12.3 Å². The Morgan fingerprint density at radius 2 is 2.05 bits per heavy atom. The minimum Gasteiger partial charge on any atom is -0.466 e. The van der Waals surface area contributed by atoms with Gasteiger partial charge in [0.2, 0.25) is 0 Å². The van der Waals surface area contributed by atoms with Crippen LogP contribution >= 0.6 is 0 Å². The van der Waals surface area contributed by atoms with Crippen LogP contribution in [0.2, 0.25) is 0 Å². The zero-order valence-electron chi connectivity index (χ0n) is 10.9. The van der Waals surface area contributed by atoms with Crippen molar-refractivity contribution in [1.29, 1.82) is 0 Å². The Bertz CT molecular complexity index is 457. The van der Waals surface area contributed by atoms with E-state index in [-0.39, 0.29) is 17.8 Å². The molecule has 0 aliphatic heterocycles. The first-order valence-electron chi connectivity index (χ1n) is 6.59. The van der Waals surface area contributed by atoms with E-state index >= 15 is 0 Å². The first kappa shape index (κ1) is 13.9. The number of halogens is 2. The molecule has 104 valence electrons. The number of pyridine rings is 1. The summed E-state index contributed by atoms with van der Waals surface area (Å²) in [5.41, 5.74) is 0.309. The zero-order valence-corrected chi connectivity index (χ0v) is 10.9. The van der Waals surface area contributed by atoms with Crippen molar-refractivity contribution in [1.82, 2.24) is 4.98 Å². The Kier molecular flexibility index (Phi) is 4.45. The molecule has 1 aliphatic rings. The van der Waals surface area contributed by atoms with Crippen LogP contribution in [-0.2, 0) is 9.53 Å². The molecule has 1 fully saturated rings. The summed E-state index contributed by atoms with van der Waals surface area (Å²) in [6.45, 7) is 2.16. The van der Waals surface area contributed by atoms with Crippen LogP contribution in [0.1, 0.15) is 44.2 Å². The van der Waals surface area contributed by atoms with E-state index < -0.39 is 11.6 Å². The molecule has 0 aromatic carbocycles. The van der Waals surface area contributed by atoms with Crippen LogP contribution in [0.25, 0.3) is 0 Å². The van der Waals surface area contributed by atoms with Gasteiger partial charge < -0.3 is 4.74 Å². The van der Waals surface area contributed by atoms with Gasteiger partial charge >= 0.3 is 5.97 Å². The molecule has 1 heterocycles. The number of aromatic nitrogens is 1. The third-order valence-corrected chi connectivity index (χ3v) is 3.57. The predicted octanol–water partition coefficient (Wildman–Crippen LogP) is 3.20. The Labute approximate surface area is 111 Å². The van der Waals surface area contributed by atoms with Gasteiger partial charge in [-0.15, -0.1) is 0 Å². The molecule has 0 amide bonds. The topological polar surface area (TPSA) is 39.2 Å². The Morgan fingerprint density at radius 1 is 1.37 bits per heavy atom. The highest BCUT2D eigenvalue weighted by molar-refractivity contribution is 5.72. The maximum Gasteiger partial charge on any atom is 0.308 e. The minimum atomic E-state index is -0.665. The monoisotopic (exact) mass is 269 g/mol. The van der Waals surface area contributed by atoms with E-state index in [1.807, 2.05) is 0 Å². The number of hydrogen-bond donors (Lipinski definition) is 0. The second kappa shape index (κ2) is 6.08. The summed E-state index contributed by atoms with van der Waals surface area (Å²) in [5.74, 6) is -1.57. The highest BCUT2D eigenvalue weighted by Crippen LogP contribution is 2.36. The molecular weight excluding hydrogens is 252 g/mol. The van der Waals surface area contributed by atoms with Crippen molar-refractivity contribution >= 4 is 5.97 Å². The average molecular weight is 269 g/mol. The lowest BCUT2D eigenvalue weighted by molar-refractivity contribution is -0.149. The molecule has 0 bridgehead atoms. The van der Waals surface area contributed by atoms with Crippen LogP contribution in [0.3, 0.4) is 0 Å². The fourth-order valence-corrected chi connectivity index (χ4v) is 2.59. The summed E-state index contributed by atoms with van der Waals surface area (Å²) < 4.78 is 31.4. The molecule has 1 aromatic rings. The van der Waals surface area contributed by atoms with Gasteiger partial charge in [0.1, 0.15) is 11.6 Å². The van der Waals surface area contributed by atoms with E-state index in [2.05, 4.69) is 4.98 Å². The molecule has 1 saturated carbocycles. The van der Waals surface area contributed by atoms with Crippen LogP contribution in [0.15, 0.2) is 12.3 Å². The molecule has 1 aromatic heterocycles. The first-order valence-corrected chi connectivity index (χ1v) is 6.59. The van der Waals surface area contributed by atoms with Crippen molar-refractivity contribution in [3.8, 4) is 0 Å². The quantitative estimate of drug-likeness (QED) is 0.791. The number of nitrogens with zero attached hydrogens (tertiary/aromatic N) is 1. The van der Waals surface area contributed by atoms with Crippen molar-refractivity contribution in [2.24, 2.45) is 5.92 Å². The van der Waals surface area contributed by atoms with Crippen molar-refractivity contribution in [3.63, 3.8) is 0 Å². The van der Waals surface area contributed by atoms with Gasteiger partial charge in [-0.3, -0.25) is 9.78 Å². The fraction of sp³-hybridized carbons (Fsp3) is 0.571. The fourth-order valence-electron chi connectivity index (χ4n) is 2.59. The van der Waals surface area contributed by atoms with E-state index in [4.69, 9.17) is 4.74 Å². The molecule has 1 aliphatic carbocycles. The zero-order chi connectivity index (χ0) is 13.8. The van der Waals surface area contributed by atoms with Gasteiger partial charge in [0, 0.05) is 12.0 Å². The van der Waals surface area contributed by atoms with Gasteiger partial charge in [-0.2, -0.15) is 0 Å². The maximum absolute atomic E-state index is 13.6. The third-order valence-electron chi connectivity index (χ3n) is 3.57. The normalized spacial score (nSPS) is 23.1. The van der Waals surface area contributed by atoms with Gasteiger partial charge in [0.15, 0.2) is 0 Å². The van der Waals surface area contributed by atoms with E-state index in [9.17, 15) is 13.6 Å². The van der Waals surface area contributed by atoms with Gasteiger partial charge in [-0.05, 0) is 32.6 Å². The lowest BCUT2D eigenvalue weighted by Crippen LogP contribution is -2.23. The lowest BCUT2D eigenvalue weighted by atomic mass is 9.80. The van der Waals surface area contributed by atoms with Crippen molar-refractivity contribution in [2.45, 2.75) is 38.5 Å². The summed E-state index contributed by atoms with van der Waals surface area (Å²) in [6, 6.07) is 0.861. The Hall–Kier alpha value is -1.52. The molecule has 0 spiro atoms. The Balaban J connectivity index is 1.98. The summed E-state index contributed by atoms with van der Waals surface area (Å²) >= 11 is 0. The molecule has 5 heteroatoms. The number of ether oxygens (including phenoxy) is 1. The Morgan fingerprint density at radius 3 is 2.63 bits per heavy atom. The second-order valence-electron chi connectivity index (χ2n) is 4.82. The van der Waals surface area contributed by atoms with Crippen molar-refractivity contribution in [3.05, 3.63) is 29.6 Å². The predicted molar refractivity (Wildman–Crippen MR) is 65.5 cm³/mol. The number of rotatable bonds is 3. The third kappa shape index (κ3) is 3.28. The summed E-state index contributed by atoms with van der Waals surface area (Å²) in [4.78, 5) is 15.4. The summed E-state index contributed by atoms with van der Waals surface area (Å²) in [6.07, 6.45) is 3.73. The molecule has 0 N–H and O–H groups in total. The molecule has 3 nitrogen and oxygen atoms in total. The van der Waals surface area contributed by atoms with Crippen LogP contribution in [0.4, 0.5) is 8.78 Å². The largest absolute Gasteiger partial charge is 0.466 e. The second-order valence-corrected chi connectivity index (χ2v) is 4.82. The molecule has 0 unspecified atom stereocenters. The van der Waals surface area contributed by atoms with Crippen LogP contribution in [-0.4, -0.2) is 17.6 Å². The van der Waals surface area contributed by atoms with Crippen molar-refractivity contribution < 1.29 is 18.3 Å². The van der Waals surface area contributed by atoms with E-state index in [1.54, 1.807) is 6.92 Å². The number of esters is 1. The SMILES string of the molecule is CCOC(=O)C1CCC(c2ncc(F)cc2F)CC1. The smallest absolute Gasteiger partial charge is 0.308 e.